The number of aromatic amines is 1. The third kappa shape index (κ3) is 3.51. The van der Waals surface area contributed by atoms with Crippen LogP contribution < -0.4 is 0 Å². The Morgan fingerprint density at radius 3 is 2.31 bits per heavy atom. The molecule has 0 radical (unpaired) electrons. The number of nitrogens with one attached hydrogen (secondary N) is 1. The predicted molar refractivity (Wildman–Crippen MR) is 108 cm³/mol. The van der Waals surface area contributed by atoms with E-state index in [0.717, 1.165) is 35.0 Å². The highest BCUT2D eigenvalue weighted by molar-refractivity contribution is 6.01. The number of amides is 1. The maximum atomic E-state index is 13.4. The summed E-state index contributed by atoms with van der Waals surface area (Å²) in [5, 5.41) is 1.13. The van der Waals surface area contributed by atoms with Crippen molar-refractivity contribution in [3.8, 4) is 0 Å². The van der Waals surface area contributed by atoms with Gasteiger partial charge >= 0.3 is 0 Å². The summed E-state index contributed by atoms with van der Waals surface area (Å²) in [6.45, 7) is 2.87. The molecule has 0 saturated heterocycles. The molecule has 0 fully saturated rings. The van der Waals surface area contributed by atoms with Gasteiger partial charge in [-0.05, 0) is 37.7 Å². The van der Waals surface area contributed by atoms with Crippen molar-refractivity contribution in [2.75, 3.05) is 27.7 Å². The van der Waals surface area contributed by atoms with Crippen LogP contribution >= 0.6 is 0 Å². The van der Waals surface area contributed by atoms with Crippen LogP contribution in [0, 0.1) is 0 Å². The maximum Gasteiger partial charge on any atom is 0.270 e. The fourth-order valence-electron chi connectivity index (χ4n) is 3.54. The molecular formula is C22H27N3O. The minimum absolute atomic E-state index is 0.00480. The number of hydrogen-bond donors (Lipinski definition) is 1. The van der Waals surface area contributed by atoms with Gasteiger partial charge in [-0.3, -0.25) is 4.79 Å². The minimum Gasteiger partial charge on any atom is -0.350 e. The molecule has 1 heterocycles. The van der Waals surface area contributed by atoms with Gasteiger partial charge in [0.25, 0.3) is 5.91 Å². The molecule has 0 aliphatic carbocycles. The van der Waals surface area contributed by atoms with Crippen molar-refractivity contribution in [2.45, 2.75) is 19.4 Å². The summed E-state index contributed by atoms with van der Waals surface area (Å²) in [5.41, 5.74) is 3.96. The number of para-hydroxylation sites is 1. The summed E-state index contributed by atoms with van der Waals surface area (Å²) < 4.78 is 0. The molecule has 1 atom stereocenters. The Kier molecular flexibility index (Phi) is 5.43. The van der Waals surface area contributed by atoms with E-state index in [9.17, 15) is 4.79 Å². The van der Waals surface area contributed by atoms with E-state index in [0.29, 0.717) is 5.69 Å². The number of hydrogen-bond acceptors (Lipinski definition) is 2. The highest BCUT2D eigenvalue weighted by Gasteiger charge is 2.26. The summed E-state index contributed by atoms with van der Waals surface area (Å²) in [4.78, 5) is 20.7. The van der Waals surface area contributed by atoms with Gasteiger partial charge in [-0.15, -0.1) is 0 Å². The van der Waals surface area contributed by atoms with E-state index in [4.69, 9.17) is 0 Å². The van der Waals surface area contributed by atoms with Gasteiger partial charge in [0.1, 0.15) is 5.69 Å². The van der Waals surface area contributed by atoms with Gasteiger partial charge in [0.15, 0.2) is 0 Å². The smallest absolute Gasteiger partial charge is 0.270 e. The van der Waals surface area contributed by atoms with Crippen LogP contribution in [0.3, 0.4) is 0 Å². The van der Waals surface area contributed by atoms with Crippen LogP contribution in [0.2, 0.25) is 0 Å². The van der Waals surface area contributed by atoms with Gasteiger partial charge in [0, 0.05) is 24.5 Å². The number of aryl methyl sites for hydroxylation is 1. The zero-order valence-corrected chi connectivity index (χ0v) is 16.0. The molecule has 0 spiro atoms. The van der Waals surface area contributed by atoms with Crippen LogP contribution in [-0.2, 0) is 6.42 Å². The Hall–Kier alpha value is -2.59. The molecule has 4 nitrogen and oxygen atoms in total. The number of aromatic nitrogens is 1. The van der Waals surface area contributed by atoms with E-state index in [-0.39, 0.29) is 11.9 Å². The largest absolute Gasteiger partial charge is 0.350 e. The van der Waals surface area contributed by atoms with Gasteiger partial charge in [-0.25, -0.2) is 0 Å². The molecular weight excluding hydrogens is 322 g/mol. The van der Waals surface area contributed by atoms with Gasteiger partial charge in [0.05, 0.1) is 6.04 Å². The van der Waals surface area contributed by atoms with Crippen LogP contribution in [-0.4, -0.2) is 48.4 Å². The molecule has 0 saturated carbocycles. The Balaban J connectivity index is 1.99. The zero-order chi connectivity index (χ0) is 18.7. The molecule has 1 amide bonds. The maximum absolute atomic E-state index is 13.4. The number of nitrogens with zero attached hydrogens (tertiary/aromatic N) is 2. The number of rotatable bonds is 6. The number of carbonyl (C=O) groups excluding carboxylic acids is 1. The normalized spacial score (nSPS) is 12.5. The van der Waals surface area contributed by atoms with E-state index in [1.807, 2.05) is 62.4 Å². The molecule has 0 aliphatic rings. The molecule has 2 aromatic carbocycles. The van der Waals surface area contributed by atoms with Crippen molar-refractivity contribution in [2.24, 2.45) is 0 Å². The molecule has 4 heteroatoms. The summed E-state index contributed by atoms with van der Waals surface area (Å²) >= 11 is 0. The second kappa shape index (κ2) is 7.75. The van der Waals surface area contributed by atoms with Crippen LogP contribution in [0.1, 0.15) is 34.6 Å². The number of benzene rings is 2. The number of fused-ring (bicyclic) bond motifs is 1. The SMILES string of the molecule is CCc1c(C(=O)N(C)[C@@H](CN(C)C)c2ccccc2)[nH]c2ccccc12. The van der Waals surface area contributed by atoms with Crippen LogP contribution in [0.5, 0.6) is 0 Å². The molecule has 1 N–H and O–H groups in total. The van der Waals surface area contributed by atoms with Crippen molar-refractivity contribution in [3.63, 3.8) is 0 Å². The van der Waals surface area contributed by atoms with E-state index < -0.39 is 0 Å². The number of H-pyrrole nitrogens is 1. The van der Waals surface area contributed by atoms with E-state index in [1.54, 1.807) is 0 Å². The van der Waals surface area contributed by atoms with Crippen molar-refractivity contribution < 1.29 is 4.79 Å². The fraction of sp³-hybridized carbons (Fsp3) is 0.318. The highest BCUT2D eigenvalue weighted by atomic mass is 16.2. The molecule has 1 aromatic heterocycles. The van der Waals surface area contributed by atoms with E-state index in [1.165, 1.54) is 0 Å². The Labute approximate surface area is 155 Å². The summed E-state index contributed by atoms with van der Waals surface area (Å²) in [5.74, 6) is 0.0359. The Morgan fingerprint density at radius 1 is 1.00 bits per heavy atom. The lowest BCUT2D eigenvalue weighted by Gasteiger charge is -2.31. The third-order valence-corrected chi connectivity index (χ3v) is 4.89. The van der Waals surface area contributed by atoms with E-state index in [2.05, 4.69) is 35.0 Å². The monoisotopic (exact) mass is 349 g/mol. The zero-order valence-electron chi connectivity index (χ0n) is 16.0. The first-order valence-corrected chi connectivity index (χ1v) is 9.09. The Morgan fingerprint density at radius 2 is 1.65 bits per heavy atom. The molecule has 0 bridgehead atoms. The quantitative estimate of drug-likeness (QED) is 0.727. The first-order chi connectivity index (χ1) is 12.5. The standard InChI is InChI=1S/C22H27N3O/c1-5-17-18-13-9-10-14-19(18)23-21(17)22(26)25(4)20(15-24(2)3)16-11-7-6-8-12-16/h6-14,20,23H,5,15H2,1-4H3/t20-/m0/s1. The van der Waals surface area contributed by atoms with Gasteiger partial charge < -0.3 is 14.8 Å². The average Bonchev–Trinajstić information content (AvgIpc) is 3.04. The molecule has 0 unspecified atom stereocenters. The first-order valence-electron chi connectivity index (χ1n) is 9.09. The lowest BCUT2D eigenvalue weighted by atomic mass is 10.0. The number of carbonyl (C=O) groups is 1. The summed E-state index contributed by atoms with van der Waals surface area (Å²) in [6.07, 6.45) is 0.822. The van der Waals surface area contributed by atoms with Crippen molar-refractivity contribution in [1.29, 1.82) is 0 Å². The fourth-order valence-corrected chi connectivity index (χ4v) is 3.54. The summed E-state index contributed by atoms with van der Waals surface area (Å²) in [6, 6.07) is 18.3. The molecule has 3 aromatic rings. The van der Waals surface area contributed by atoms with Gasteiger partial charge in [-0.2, -0.15) is 0 Å². The molecule has 3 rings (SSSR count). The predicted octanol–water partition coefficient (Wildman–Crippen LogP) is 4.11. The van der Waals surface area contributed by atoms with E-state index >= 15 is 0 Å². The average molecular weight is 349 g/mol. The topological polar surface area (TPSA) is 39.3 Å². The third-order valence-electron chi connectivity index (χ3n) is 4.89. The lowest BCUT2D eigenvalue weighted by molar-refractivity contribution is 0.0699. The first kappa shape index (κ1) is 18.2. The minimum atomic E-state index is -0.00480. The number of likely N-dealkylation sites (N-methyl/N-ethyl adjacent to an activating group) is 2. The van der Waals surface area contributed by atoms with Gasteiger partial charge in [0.2, 0.25) is 0 Å². The van der Waals surface area contributed by atoms with Crippen LogP contribution in [0.15, 0.2) is 54.6 Å². The summed E-state index contributed by atoms with van der Waals surface area (Å²) in [7, 11) is 5.97. The van der Waals surface area contributed by atoms with Crippen LogP contribution in [0.4, 0.5) is 0 Å². The van der Waals surface area contributed by atoms with Crippen LogP contribution in [0.25, 0.3) is 10.9 Å². The molecule has 136 valence electrons. The van der Waals surface area contributed by atoms with Crippen molar-refractivity contribution in [1.82, 2.24) is 14.8 Å². The lowest BCUT2D eigenvalue weighted by Crippen LogP contribution is -2.37. The van der Waals surface area contributed by atoms with Crippen molar-refractivity contribution in [3.05, 3.63) is 71.4 Å². The second-order valence-electron chi connectivity index (χ2n) is 6.98. The second-order valence-corrected chi connectivity index (χ2v) is 6.98. The van der Waals surface area contributed by atoms with Gasteiger partial charge in [-0.1, -0.05) is 55.5 Å². The highest BCUT2D eigenvalue weighted by Crippen LogP contribution is 2.27. The van der Waals surface area contributed by atoms with Crippen molar-refractivity contribution >= 4 is 16.8 Å². The molecule has 26 heavy (non-hydrogen) atoms. The molecule has 0 aliphatic heterocycles. The Bertz CT molecular complexity index is 883.